The third-order valence-corrected chi connectivity index (χ3v) is 4.18. The lowest BCUT2D eigenvalue weighted by Gasteiger charge is -2.38. The lowest BCUT2D eigenvalue weighted by molar-refractivity contribution is -0.0879. The summed E-state index contributed by atoms with van der Waals surface area (Å²) in [5.41, 5.74) is 0.238. The molecule has 0 aromatic carbocycles. The lowest BCUT2D eigenvalue weighted by Crippen LogP contribution is -2.39. The summed E-state index contributed by atoms with van der Waals surface area (Å²) >= 11 is 4.47. The molecule has 1 saturated heterocycles. The summed E-state index contributed by atoms with van der Waals surface area (Å²) in [4.78, 5) is 0. The van der Waals surface area contributed by atoms with Crippen LogP contribution in [0.4, 0.5) is 0 Å². The molecule has 1 fully saturated rings. The molecule has 0 amide bonds. The predicted octanol–water partition coefficient (Wildman–Crippen LogP) is 2.92. The zero-order valence-corrected chi connectivity index (χ0v) is 11.1. The first-order valence-electron chi connectivity index (χ1n) is 5.86. The molecule has 0 spiro atoms. The number of ether oxygens (including phenoxy) is 2. The fourth-order valence-corrected chi connectivity index (χ4v) is 2.01. The Morgan fingerprint density at radius 1 is 1.33 bits per heavy atom. The maximum absolute atomic E-state index is 6.01. The largest absolute Gasteiger partial charge is 0.381 e. The van der Waals surface area contributed by atoms with Gasteiger partial charge < -0.3 is 9.47 Å². The van der Waals surface area contributed by atoms with Crippen molar-refractivity contribution < 1.29 is 9.47 Å². The molecule has 1 heterocycles. The van der Waals surface area contributed by atoms with E-state index in [1.54, 1.807) is 0 Å². The van der Waals surface area contributed by atoms with Crippen LogP contribution in [0, 0.1) is 5.41 Å². The zero-order chi connectivity index (χ0) is 11.4. The van der Waals surface area contributed by atoms with Crippen LogP contribution in [0.3, 0.4) is 0 Å². The van der Waals surface area contributed by atoms with Gasteiger partial charge in [-0.1, -0.05) is 6.92 Å². The summed E-state index contributed by atoms with van der Waals surface area (Å²) in [7, 11) is 0. The van der Waals surface area contributed by atoms with Crippen molar-refractivity contribution in [3.05, 3.63) is 0 Å². The van der Waals surface area contributed by atoms with Gasteiger partial charge in [0.25, 0.3) is 0 Å². The molecule has 1 aliphatic rings. The highest BCUT2D eigenvalue weighted by atomic mass is 32.1. The molecule has 0 atom stereocenters. The normalized spacial score (nSPS) is 21.6. The average Bonchev–Trinajstić information content (AvgIpc) is 2.28. The van der Waals surface area contributed by atoms with Gasteiger partial charge in [-0.2, -0.15) is 12.6 Å². The van der Waals surface area contributed by atoms with Crippen LogP contribution in [0.2, 0.25) is 0 Å². The average molecular weight is 232 g/mol. The van der Waals surface area contributed by atoms with E-state index in [4.69, 9.17) is 9.47 Å². The highest BCUT2D eigenvalue weighted by Gasteiger charge is 2.33. The minimum Gasteiger partial charge on any atom is -0.381 e. The molecule has 1 rings (SSSR count). The summed E-state index contributed by atoms with van der Waals surface area (Å²) < 4.78 is 11.4. The molecule has 0 aliphatic carbocycles. The van der Waals surface area contributed by atoms with Crippen molar-refractivity contribution in [3.8, 4) is 0 Å². The second kappa shape index (κ2) is 5.55. The van der Waals surface area contributed by atoms with Crippen LogP contribution < -0.4 is 0 Å². The second-order valence-corrected chi connectivity index (χ2v) is 5.49. The van der Waals surface area contributed by atoms with Gasteiger partial charge in [0.2, 0.25) is 0 Å². The van der Waals surface area contributed by atoms with Crippen molar-refractivity contribution >= 4 is 12.6 Å². The predicted molar refractivity (Wildman–Crippen MR) is 66.7 cm³/mol. The maximum Gasteiger partial charge on any atom is 0.0624 e. The zero-order valence-electron chi connectivity index (χ0n) is 10.2. The van der Waals surface area contributed by atoms with Crippen molar-refractivity contribution in [2.45, 2.75) is 45.6 Å². The Kier molecular flexibility index (Phi) is 4.94. The molecule has 0 radical (unpaired) electrons. The van der Waals surface area contributed by atoms with Gasteiger partial charge in [0.15, 0.2) is 0 Å². The Bertz CT molecular complexity index is 186. The number of hydrogen-bond donors (Lipinski definition) is 1. The van der Waals surface area contributed by atoms with E-state index >= 15 is 0 Å². The fraction of sp³-hybridized carbons (Fsp3) is 1.00. The van der Waals surface area contributed by atoms with Crippen LogP contribution in [0.5, 0.6) is 0 Å². The van der Waals surface area contributed by atoms with E-state index in [0.29, 0.717) is 0 Å². The third kappa shape index (κ3) is 3.97. The van der Waals surface area contributed by atoms with Crippen LogP contribution in [0.15, 0.2) is 0 Å². The summed E-state index contributed by atoms with van der Waals surface area (Å²) in [6.45, 7) is 9.00. The van der Waals surface area contributed by atoms with E-state index in [9.17, 15) is 0 Å². The SMILES string of the molecule is CCC(C)(C)OCC1(CS)CCOCC1. The van der Waals surface area contributed by atoms with Gasteiger partial charge in [0.05, 0.1) is 12.2 Å². The van der Waals surface area contributed by atoms with Crippen molar-refractivity contribution in [1.29, 1.82) is 0 Å². The summed E-state index contributed by atoms with van der Waals surface area (Å²) in [5, 5.41) is 0. The highest BCUT2D eigenvalue weighted by Crippen LogP contribution is 2.33. The highest BCUT2D eigenvalue weighted by molar-refractivity contribution is 7.80. The van der Waals surface area contributed by atoms with Crippen LogP contribution in [0.1, 0.15) is 40.0 Å². The van der Waals surface area contributed by atoms with Crippen LogP contribution >= 0.6 is 12.6 Å². The van der Waals surface area contributed by atoms with Gasteiger partial charge >= 0.3 is 0 Å². The van der Waals surface area contributed by atoms with Crippen molar-refractivity contribution in [2.24, 2.45) is 5.41 Å². The van der Waals surface area contributed by atoms with E-state index in [0.717, 1.165) is 44.8 Å². The van der Waals surface area contributed by atoms with Gasteiger partial charge in [-0.15, -0.1) is 0 Å². The molecule has 0 N–H and O–H groups in total. The molecule has 90 valence electrons. The lowest BCUT2D eigenvalue weighted by atomic mass is 9.83. The number of hydrogen-bond acceptors (Lipinski definition) is 3. The third-order valence-electron chi connectivity index (χ3n) is 3.51. The van der Waals surface area contributed by atoms with Crippen molar-refractivity contribution in [3.63, 3.8) is 0 Å². The molecule has 2 nitrogen and oxygen atoms in total. The molecular formula is C12H24O2S. The van der Waals surface area contributed by atoms with Gasteiger partial charge in [-0.05, 0) is 38.9 Å². The van der Waals surface area contributed by atoms with Gasteiger partial charge in [-0.25, -0.2) is 0 Å². The number of rotatable bonds is 5. The molecule has 0 unspecified atom stereocenters. The van der Waals surface area contributed by atoms with Crippen LogP contribution in [0.25, 0.3) is 0 Å². The molecule has 3 heteroatoms. The second-order valence-electron chi connectivity index (χ2n) is 5.17. The minimum absolute atomic E-state index is 0.00570. The van der Waals surface area contributed by atoms with Crippen molar-refractivity contribution in [2.75, 3.05) is 25.6 Å². The van der Waals surface area contributed by atoms with Crippen LogP contribution in [-0.2, 0) is 9.47 Å². The Labute approximate surface area is 99.1 Å². The van der Waals surface area contributed by atoms with E-state index in [1.807, 2.05) is 0 Å². The minimum atomic E-state index is -0.00570. The molecule has 1 aliphatic heterocycles. The van der Waals surface area contributed by atoms with Gasteiger partial charge in [-0.3, -0.25) is 0 Å². The van der Waals surface area contributed by atoms with E-state index in [1.165, 1.54) is 0 Å². The monoisotopic (exact) mass is 232 g/mol. The standard InChI is InChI=1S/C12H24O2S/c1-4-11(2,3)14-9-12(10-15)5-7-13-8-6-12/h15H,4-10H2,1-3H3. The van der Waals surface area contributed by atoms with E-state index in [2.05, 4.69) is 33.4 Å². The van der Waals surface area contributed by atoms with E-state index < -0.39 is 0 Å². The molecule has 0 bridgehead atoms. The molecule has 0 aromatic rings. The first kappa shape index (κ1) is 13.3. The fourth-order valence-electron chi connectivity index (χ4n) is 1.60. The van der Waals surface area contributed by atoms with Gasteiger partial charge in [0.1, 0.15) is 0 Å². The summed E-state index contributed by atoms with van der Waals surface area (Å²) in [5.74, 6) is 0.899. The Morgan fingerprint density at radius 2 is 1.93 bits per heavy atom. The molecular weight excluding hydrogens is 208 g/mol. The Morgan fingerprint density at radius 3 is 2.40 bits per heavy atom. The molecule has 0 aromatic heterocycles. The maximum atomic E-state index is 6.01. The Hall–Kier alpha value is 0.270. The van der Waals surface area contributed by atoms with Gasteiger partial charge in [0, 0.05) is 18.6 Å². The molecule has 0 saturated carbocycles. The summed E-state index contributed by atoms with van der Waals surface area (Å²) in [6.07, 6.45) is 3.21. The first-order valence-corrected chi connectivity index (χ1v) is 6.49. The summed E-state index contributed by atoms with van der Waals surface area (Å²) in [6, 6.07) is 0. The topological polar surface area (TPSA) is 18.5 Å². The quantitative estimate of drug-likeness (QED) is 0.735. The molecule has 15 heavy (non-hydrogen) atoms. The van der Waals surface area contributed by atoms with E-state index in [-0.39, 0.29) is 11.0 Å². The van der Waals surface area contributed by atoms with Crippen LogP contribution in [-0.4, -0.2) is 31.2 Å². The first-order chi connectivity index (χ1) is 7.04. The smallest absolute Gasteiger partial charge is 0.0624 e. The van der Waals surface area contributed by atoms with Crippen molar-refractivity contribution in [1.82, 2.24) is 0 Å². The Balaban J connectivity index is 2.45. The number of thiol groups is 1.